The molecule has 0 bridgehead atoms. The summed E-state index contributed by atoms with van der Waals surface area (Å²) in [4.78, 5) is 0. The molecule has 1 nitrogen and oxygen atoms in total. The molecule has 2 fully saturated rings. The van der Waals surface area contributed by atoms with Gasteiger partial charge in [0.2, 0.25) is 0 Å². The number of hydrogen-bond donors (Lipinski definition) is 0. The third-order valence-corrected chi connectivity index (χ3v) is 6.52. The highest BCUT2D eigenvalue weighted by Crippen LogP contribution is 2.57. The molecular weight excluding hydrogens is 256 g/mol. The average molecular weight is 288 g/mol. The van der Waals surface area contributed by atoms with Crippen LogP contribution in [0.4, 0.5) is 0 Å². The van der Waals surface area contributed by atoms with Crippen molar-refractivity contribution in [1.29, 1.82) is 0 Å². The highest BCUT2D eigenvalue weighted by Gasteiger charge is 2.56. The van der Waals surface area contributed by atoms with Gasteiger partial charge in [0.25, 0.3) is 0 Å². The zero-order chi connectivity index (χ0) is 15.3. The first-order chi connectivity index (χ1) is 9.84. The molecule has 1 saturated carbocycles. The van der Waals surface area contributed by atoms with Gasteiger partial charge in [0.05, 0.1) is 11.7 Å². The maximum atomic E-state index is 6.14. The summed E-state index contributed by atoms with van der Waals surface area (Å²) < 4.78 is 6.14. The highest BCUT2D eigenvalue weighted by molar-refractivity contribution is 5.23. The summed E-state index contributed by atoms with van der Waals surface area (Å²) in [7, 11) is 0. The minimum atomic E-state index is 0.169. The molecule has 1 saturated heterocycles. The molecule has 118 valence electrons. The van der Waals surface area contributed by atoms with E-state index in [4.69, 9.17) is 4.74 Å². The minimum Gasteiger partial charge on any atom is -0.366 e. The zero-order valence-electron chi connectivity index (χ0n) is 14.6. The van der Waals surface area contributed by atoms with Crippen molar-refractivity contribution in [3.05, 3.63) is 22.8 Å². The molecule has 0 N–H and O–H groups in total. The van der Waals surface area contributed by atoms with E-state index in [1.165, 1.54) is 44.9 Å². The molecule has 0 radical (unpaired) electrons. The van der Waals surface area contributed by atoms with Crippen LogP contribution in [0.3, 0.4) is 0 Å². The van der Waals surface area contributed by atoms with E-state index < -0.39 is 0 Å². The van der Waals surface area contributed by atoms with Gasteiger partial charge in [0.1, 0.15) is 0 Å². The maximum Gasteiger partial charge on any atom is 0.0923 e. The Labute approximate surface area is 130 Å². The Morgan fingerprint density at radius 2 is 1.95 bits per heavy atom. The number of fused-ring (bicyclic) bond motifs is 2. The molecule has 0 aromatic carbocycles. The molecule has 0 amide bonds. The van der Waals surface area contributed by atoms with Gasteiger partial charge in [-0.25, -0.2) is 0 Å². The monoisotopic (exact) mass is 288 g/mol. The van der Waals surface area contributed by atoms with Crippen molar-refractivity contribution in [3.63, 3.8) is 0 Å². The molecule has 1 heterocycles. The first-order valence-corrected chi connectivity index (χ1v) is 8.84. The fourth-order valence-electron chi connectivity index (χ4n) is 4.83. The van der Waals surface area contributed by atoms with Crippen molar-refractivity contribution in [2.75, 3.05) is 0 Å². The van der Waals surface area contributed by atoms with Crippen LogP contribution < -0.4 is 0 Å². The molecule has 0 aromatic heterocycles. The van der Waals surface area contributed by atoms with Crippen molar-refractivity contribution in [1.82, 2.24) is 0 Å². The van der Waals surface area contributed by atoms with Gasteiger partial charge in [0, 0.05) is 0 Å². The summed E-state index contributed by atoms with van der Waals surface area (Å²) >= 11 is 0. The molecule has 0 spiro atoms. The van der Waals surface area contributed by atoms with Crippen molar-refractivity contribution < 1.29 is 4.74 Å². The zero-order valence-corrected chi connectivity index (χ0v) is 14.6. The van der Waals surface area contributed by atoms with E-state index in [0.29, 0.717) is 11.5 Å². The van der Waals surface area contributed by atoms with Crippen molar-refractivity contribution in [2.45, 2.75) is 91.3 Å². The van der Waals surface area contributed by atoms with E-state index in [1.54, 1.807) is 16.7 Å². The predicted molar refractivity (Wildman–Crippen MR) is 89.3 cm³/mol. The lowest BCUT2D eigenvalue weighted by molar-refractivity contribution is 0.189. The van der Waals surface area contributed by atoms with Gasteiger partial charge < -0.3 is 4.74 Å². The van der Waals surface area contributed by atoms with Gasteiger partial charge in [-0.05, 0) is 84.0 Å². The van der Waals surface area contributed by atoms with Crippen LogP contribution in [-0.2, 0) is 4.74 Å². The van der Waals surface area contributed by atoms with Crippen LogP contribution in [0, 0.1) is 11.3 Å². The van der Waals surface area contributed by atoms with Crippen molar-refractivity contribution >= 4 is 0 Å². The minimum absolute atomic E-state index is 0.169. The van der Waals surface area contributed by atoms with Crippen molar-refractivity contribution in [2.24, 2.45) is 11.3 Å². The van der Waals surface area contributed by atoms with Gasteiger partial charge in [0.15, 0.2) is 0 Å². The average Bonchev–Trinajstić information content (AvgIpc) is 2.88. The number of epoxide rings is 1. The van der Waals surface area contributed by atoms with Crippen LogP contribution in [0.25, 0.3) is 0 Å². The molecule has 1 aliphatic heterocycles. The lowest BCUT2D eigenvalue weighted by Crippen LogP contribution is -2.26. The fourth-order valence-corrected chi connectivity index (χ4v) is 4.83. The third-order valence-electron chi connectivity index (χ3n) is 6.52. The highest BCUT2D eigenvalue weighted by atomic mass is 16.6. The summed E-state index contributed by atoms with van der Waals surface area (Å²) in [6.07, 6.45) is 11.9. The molecule has 4 unspecified atom stereocenters. The number of hydrogen-bond acceptors (Lipinski definition) is 1. The number of allylic oxidation sites excluding steroid dienone is 4. The van der Waals surface area contributed by atoms with Crippen molar-refractivity contribution in [3.8, 4) is 0 Å². The fraction of sp³-hybridized carbons (Fsp3) is 0.800. The molecule has 1 heteroatoms. The predicted octanol–water partition coefficient (Wildman–Crippen LogP) is 5.81. The van der Waals surface area contributed by atoms with Crippen LogP contribution in [0.2, 0.25) is 0 Å². The smallest absolute Gasteiger partial charge is 0.0923 e. The molecule has 0 aromatic rings. The number of ether oxygens (including phenoxy) is 1. The van der Waals surface area contributed by atoms with Gasteiger partial charge in [-0.1, -0.05) is 29.7 Å². The van der Waals surface area contributed by atoms with Crippen LogP contribution >= 0.6 is 0 Å². The normalized spacial score (nSPS) is 43.5. The van der Waals surface area contributed by atoms with E-state index in [2.05, 4.69) is 40.7 Å². The standard InChI is InChI=1S/C20H32O/c1-14(2)16-10-12-19(4)13-18-20(5,21-18)11-6-7-15(3)8-9-17(16)19/h7,17-18H,6,8-13H2,1-5H3. The summed E-state index contributed by atoms with van der Waals surface area (Å²) in [6, 6.07) is 0. The molecule has 2 aliphatic carbocycles. The number of rotatable bonds is 0. The molecular formula is C20H32O. The lowest BCUT2D eigenvalue weighted by Gasteiger charge is -2.33. The summed E-state index contributed by atoms with van der Waals surface area (Å²) in [5.41, 5.74) is 5.54. The Morgan fingerprint density at radius 3 is 2.67 bits per heavy atom. The summed E-state index contributed by atoms with van der Waals surface area (Å²) in [5, 5.41) is 0. The topological polar surface area (TPSA) is 12.5 Å². The van der Waals surface area contributed by atoms with Crippen LogP contribution in [0.15, 0.2) is 22.8 Å². The first kappa shape index (κ1) is 15.3. The second-order valence-electron chi connectivity index (χ2n) is 8.48. The molecule has 3 rings (SSSR count). The Morgan fingerprint density at radius 1 is 1.19 bits per heavy atom. The van der Waals surface area contributed by atoms with Crippen LogP contribution in [0.1, 0.15) is 79.6 Å². The van der Waals surface area contributed by atoms with Gasteiger partial charge in [-0.15, -0.1) is 0 Å². The van der Waals surface area contributed by atoms with E-state index in [1.807, 2.05) is 0 Å². The quantitative estimate of drug-likeness (QED) is 0.405. The van der Waals surface area contributed by atoms with Gasteiger partial charge in [-0.3, -0.25) is 0 Å². The maximum absolute atomic E-state index is 6.14. The Hall–Kier alpha value is -0.560. The SMILES string of the molecule is CC1=CCCC2(C)OC2CC2(C)CCC(=C(C)C)C2CC1. The van der Waals surface area contributed by atoms with E-state index in [-0.39, 0.29) is 5.60 Å². The van der Waals surface area contributed by atoms with Gasteiger partial charge in [-0.2, -0.15) is 0 Å². The molecule has 3 aliphatic rings. The second-order valence-corrected chi connectivity index (χ2v) is 8.48. The molecule has 4 atom stereocenters. The largest absolute Gasteiger partial charge is 0.366 e. The third kappa shape index (κ3) is 2.86. The first-order valence-electron chi connectivity index (χ1n) is 8.84. The summed E-state index contributed by atoms with van der Waals surface area (Å²) in [6.45, 7) is 11.8. The Kier molecular flexibility index (Phi) is 3.84. The Balaban J connectivity index is 1.89. The van der Waals surface area contributed by atoms with Crippen LogP contribution in [-0.4, -0.2) is 11.7 Å². The summed E-state index contributed by atoms with van der Waals surface area (Å²) in [5.74, 6) is 0.775. The van der Waals surface area contributed by atoms with Crippen LogP contribution in [0.5, 0.6) is 0 Å². The van der Waals surface area contributed by atoms with E-state index in [0.717, 1.165) is 5.92 Å². The lowest BCUT2D eigenvalue weighted by atomic mass is 9.71. The second kappa shape index (κ2) is 5.26. The molecule has 21 heavy (non-hydrogen) atoms. The van der Waals surface area contributed by atoms with Gasteiger partial charge >= 0.3 is 0 Å². The Bertz CT molecular complexity index is 482. The van der Waals surface area contributed by atoms with E-state index in [9.17, 15) is 0 Å². The van der Waals surface area contributed by atoms with E-state index >= 15 is 0 Å².